The van der Waals surface area contributed by atoms with E-state index in [0.717, 1.165) is 0 Å². The number of benzene rings is 1. The number of nitrogens with zero attached hydrogens (tertiary/aromatic N) is 3. The zero-order valence-electron chi connectivity index (χ0n) is 15.2. The lowest BCUT2D eigenvalue weighted by Gasteiger charge is -2.27. The van der Waals surface area contributed by atoms with Gasteiger partial charge in [-0.1, -0.05) is 0 Å². The molecule has 2 aromatic rings. The van der Waals surface area contributed by atoms with Gasteiger partial charge in [-0.15, -0.1) is 0 Å². The van der Waals surface area contributed by atoms with Crippen LogP contribution in [-0.2, 0) is 9.53 Å². The lowest BCUT2D eigenvalue weighted by atomic mass is 10.2. The van der Waals surface area contributed by atoms with Crippen LogP contribution in [-0.4, -0.2) is 49.2 Å². The molecule has 1 fully saturated rings. The van der Waals surface area contributed by atoms with E-state index in [-0.39, 0.29) is 17.3 Å². The third-order valence-corrected chi connectivity index (χ3v) is 4.38. The molecule has 0 unspecified atom stereocenters. The monoisotopic (exact) mass is 372 g/mol. The molecule has 0 aliphatic carbocycles. The second-order valence-corrected chi connectivity index (χ2v) is 6.20. The van der Waals surface area contributed by atoms with Gasteiger partial charge in [-0.3, -0.25) is 14.6 Å². The number of morpholine rings is 1. The number of ether oxygens (including phenoxy) is 1. The molecule has 1 N–H and O–H groups in total. The maximum atomic E-state index is 13.0. The number of carbonyl (C=O) groups is 1. The molecule has 0 spiro atoms. The molecule has 142 valence electrons. The number of likely N-dealkylation sites (N-methyl/N-ethyl adjacent to an activating group) is 1. The maximum absolute atomic E-state index is 13.0. The Balaban J connectivity index is 1.77. The molecule has 1 aromatic carbocycles. The van der Waals surface area contributed by atoms with E-state index in [9.17, 15) is 14.0 Å². The van der Waals surface area contributed by atoms with Gasteiger partial charge < -0.3 is 14.5 Å². The first kappa shape index (κ1) is 18.8. The Labute approximate surface area is 156 Å². The molecule has 0 bridgehead atoms. The molecule has 0 saturated carbocycles. The minimum Gasteiger partial charge on any atom is -0.378 e. The molecule has 0 atom stereocenters. The van der Waals surface area contributed by atoms with Crippen LogP contribution in [0.4, 0.5) is 16.0 Å². The summed E-state index contributed by atoms with van der Waals surface area (Å²) in [6.07, 6.45) is 2.75. The molecular weight excluding hydrogens is 351 g/mol. The number of nitrogens with one attached hydrogen (secondary N) is 1. The summed E-state index contributed by atoms with van der Waals surface area (Å²) in [7, 11) is 1.58. The van der Waals surface area contributed by atoms with E-state index in [1.165, 1.54) is 41.3 Å². The minimum atomic E-state index is -0.372. The summed E-state index contributed by atoms with van der Waals surface area (Å²) in [5.41, 5.74) is 1.11. The number of aromatic nitrogens is 2. The number of aryl methyl sites for hydroxylation is 1. The molecule has 7 nitrogen and oxygen atoms in total. The maximum Gasteiger partial charge on any atom is 0.259 e. The van der Waals surface area contributed by atoms with Crippen molar-refractivity contribution in [1.82, 2.24) is 9.97 Å². The average Bonchev–Trinajstić information content (AvgIpc) is 2.67. The predicted molar refractivity (Wildman–Crippen MR) is 101 cm³/mol. The quantitative estimate of drug-likeness (QED) is 0.827. The van der Waals surface area contributed by atoms with E-state index < -0.39 is 0 Å². The summed E-state index contributed by atoms with van der Waals surface area (Å²) in [4.78, 5) is 35.3. The van der Waals surface area contributed by atoms with Crippen molar-refractivity contribution in [3.63, 3.8) is 0 Å². The molecule has 1 saturated heterocycles. The van der Waals surface area contributed by atoms with Gasteiger partial charge in [-0.05, 0) is 37.3 Å². The molecule has 3 rings (SSSR count). The highest BCUT2D eigenvalue weighted by atomic mass is 19.1. The fourth-order valence-corrected chi connectivity index (χ4v) is 2.76. The van der Waals surface area contributed by atoms with Gasteiger partial charge in [0, 0.05) is 31.9 Å². The van der Waals surface area contributed by atoms with E-state index in [1.807, 2.05) is 4.90 Å². The first-order valence-corrected chi connectivity index (χ1v) is 8.60. The van der Waals surface area contributed by atoms with E-state index >= 15 is 0 Å². The number of rotatable bonds is 4. The Morgan fingerprint density at radius 3 is 2.59 bits per heavy atom. The van der Waals surface area contributed by atoms with Gasteiger partial charge in [0.05, 0.1) is 24.5 Å². The largest absolute Gasteiger partial charge is 0.378 e. The van der Waals surface area contributed by atoms with Gasteiger partial charge in [0.1, 0.15) is 5.82 Å². The lowest BCUT2D eigenvalue weighted by molar-refractivity contribution is -0.113. The summed E-state index contributed by atoms with van der Waals surface area (Å²) < 4.78 is 18.3. The van der Waals surface area contributed by atoms with Crippen molar-refractivity contribution in [2.75, 3.05) is 43.2 Å². The lowest BCUT2D eigenvalue weighted by Crippen LogP contribution is -2.38. The number of amides is 1. The summed E-state index contributed by atoms with van der Waals surface area (Å²) in [5.74, 6) is -0.200. The van der Waals surface area contributed by atoms with E-state index in [0.29, 0.717) is 49.2 Å². The van der Waals surface area contributed by atoms with Crippen LogP contribution in [0.2, 0.25) is 0 Å². The molecule has 8 heteroatoms. The van der Waals surface area contributed by atoms with E-state index in [4.69, 9.17) is 4.74 Å². The predicted octanol–water partition coefficient (Wildman–Crippen LogP) is 1.73. The van der Waals surface area contributed by atoms with Crippen molar-refractivity contribution < 1.29 is 13.9 Å². The van der Waals surface area contributed by atoms with Crippen LogP contribution in [0.15, 0.2) is 35.1 Å². The standard InChI is InChI=1S/C19H21FN4O3/c1-13-16(18(26)22-19(21-13)24-9-11-27-12-10-24)7-8-17(25)23(2)15-5-3-14(20)4-6-15/h3-8H,9-12H2,1-2H3,(H,21,22,26)/b8-7+. The van der Waals surface area contributed by atoms with Gasteiger partial charge >= 0.3 is 0 Å². The molecule has 1 aliphatic heterocycles. The summed E-state index contributed by atoms with van der Waals surface area (Å²) >= 11 is 0. The molecule has 1 aliphatic rings. The highest BCUT2D eigenvalue weighted by Gasteiger charge is 2.16. The zero-order valence-corrected chi connectivity index (χ0v) is 15.2. The third kappa shape index (κ3) is 4.40. The molecular formula is C19H21FN4O3. The minimum absolute atomic E-state index is 0.308. The number of anilines is 2. The van der Waals surface area contributed by atoms with Crippen LogP contribution in [0.5, 0.6) is 0 Å². The van der Waals surface area contributed by atoms with Crippen LogP contribution >= 0.6 is 0 Å². The van der Waals surface area contributed by atoms with Gasteiger partial charge in [-0.25, -0.2) is 9.37 Å². The molecule has 0 radical (unpaired) electrons. The Bertz CT molecular complexity index is 902. The number of halogens is 1. The van der Waals surface area contributed by atoms with Crippen LogP contribution < -0.4 is 15.4 Å². The topological polar surface area (TPSA) is 78.5 Å². The first-order valence-electron chi connectivity index (χ1n) is 8.60. The van der Waals surface area contributed by atoms with Crippen molar-refractivity contribution in [1.29, 1.82) is 0 Å². The van der Waals surface area contributed by atoms with Crippen LogP contribution in [0.25, 0.3) is 6.08 Å². The van der Waals surface area contributed by atoms with Crippen LogP contribution in [0.1, 0.15) is 11.3 Å². The molecule has 2 heterocycles. The molecule has 1 amide bonds. The normalized spacial score (nSPS) is 14.6. The van der Waals surface area contributed by atoms with Crippen molar-refractivity contribution in [3.05, 3.63) is 57.8 Å². The Morgan fingerprint density at radius 2 is 1.96 bits per heavy atom. The van der Waals surface area contributed by atoms with Crippen molar-refractivity contribution >= 4 is 23.6 Å². The van der Waals surface area contributed by atoms with Crippen molar-refractivity contribution in [2.45, 2.75) is 6.92 Å². The number of hydrogen-bond donors (Lipinski definition) is 1. The second kappa shape index (κ2) is 8.13. The number of aromatic amines is 1. The summed E-state index contributed by atoms with van der Waals surface area (Å²) in [5, 5.41) is 0. The first-order chi connectivity index (χ1) is 13.0. The Morgan fingerprint density at radius 1 is 1.30 bits per heavy atom. The van der Waals surface area contributed by atoms with E-state index in [2.05, 4.69) is 9.97 Å². The van der Waals surface area contributed by atoms with Crippen LogP contribution in [0, 0.1) is 12.7 Å². The highest BCUT2D eigenvalue weighted by molar-refractivity contribution is 6.03. The summed E-state index contributed by atoms with van der Waals surface area (Å²) in [6, 6.07) is 5.59. The van der Waals surface area contributed by atoms with Gasteiger partial charge in [0.25, 0.3) is 11.5 Å². The van der Waals surface area contributed by atoms with Crippen molar-refractivity contribution in [2.24, 2.45) is 0 Å². The Hall–Kier alpha value is -3.00. The third-order valence-electron chi connectivity index (χ3n) is 4.38. The Kier molecular flexibility index (Phi) is 5.66. The average molecular weight is 372 g/mol. The van der Waals surface area contributed by atoms with Crippen LogP contribution in [0.3, 0.4) is 0 Å². The number of H-pyrrole nitrogens is 1. The molecule has 27 heavy (non-hydrogen) atoms. The SMILES string of the molecule is Cc1nc(N2CCOCC2)[nH]c(=O)c1/C=C/C(=O)N(C)c1ccc(F)cc1. The van der Waals surface area contributed by atoms with Gasteiger partial charge in [0.15, 0.2) is 0 Å². The smallest absolute Gasteiger partial charge is 0.259 e. The van der Waals surface area contributed by atoms with Gasteiger partial charge in [0.2, 0.25) is 5.95 Å². The van der Waals surface area contributed by atoms with E-state index in [1.54, 1.807) is 14.0 Å². The van der Waals surface area contributed by atoms with Crippen molar-refractivity contribution in [3.8, 4) is 0 Å². The number of carbonyl (C=O) groups excluding carboxylic acids is 1. The highest BCUT2D eigenvalue weighted by Crippen LogP contribution is 2.15. The molecule has 1 aromatic heterocycles. The fourth-order valence-electron chi connectivity index (χ4n) is 2.76. The number of hydrogen-bond acceptors (Lipinski definition) is 5. The summed E-state index contributed by atoms with van der Waals surface area (Å²) in [6.45, 7) is 4.24. The second-order valence-electron chi connectivity index (χ2n) is 6.20. The zero-order chi connectivity index (χ0) is 19.4. The fraction of sp³-hybridized carbons (Fsp3) is 0.316. The van der Waals surface area contributed by atoms with Gasteiger partial charge in [-0.2, -0.15) is 0 Å².